The van der Waals surface area contributed by atoms with Crippen LogP contribution in [0.1, 0.15) is 18.4 Å². The van der Waals surface area contributed by atoms with Crippen molar-refractivity contribution in [2.45, 2.75) is 24.4 Å². The van der Waals surface area contributed by atoms with E-state index in [0.29, 0.717) is 12.1 Å². The van der Waals surface area contributed by atoms with Gasteiger partial charge in [0.05, 0.1) is 13.0 Å². The first-order valence-corrected chi connectivity index (χ1v) is 12.0. The first-order valence-electron chi connectivity index (χ1n) is 9.81. The van der Waals surface area contributed by atoms with Gasteiger partial charge in [-0.3, -0.25) is 14.9 Å². The van der Waals surface area contributed by atoms with E-state index in [1.54, 1.807) is 43.1 Å². The van der Waals surface area contributed by atoms with Crippen LogP contribution in [0.4, 0.5) is 11.4 Å². The number of benzene rings is 2. The van der Waals surface area contributed by atoms with Crippen LogP contribution in [0.2, 0.25) is 0 Å². The number of halogens is 1. The second-order valence-electron chi connectivity index (χ2n) is 7.58. The Kier molecular flexibility index (Phi) is 6.09. The molecule has 3 atom stereocenters. The lowest BCUT2D eigenvalue weighted by Gasteiger charge is -2.29. The fraction of sp³-hybridized carbons (Fsp3) is 0.364. The average Bonchev–Trinajstić information content (AvgIpc) is 3.26. The van der Waals surface area contributed by atoms with Gasteiger partial charge in [0.25, 0.3) is 0 Å². The quantitative estimate of drug-likeness (QED) is 0.571. The summed E-state index contributed by atoms with van der Waals surface area (Å²) in [4.78, 5) is 26.7. The van der Waals surface area contributed by atoms with E-state index < -0.39 is 11.5 Å². The Bertz CT molecular complexity index is 969. The van der Waals surface area contributed by atoms with Gasteiger partial charge in [0.15, 0.2) is 0 Å². The third-order valence-corrected chi connectivity index (χ3v) is 6.97. The van der Waals surface area contributed by atoms with Gasteiger partial charge in [-0.2, -0.15) is 11.8 Å². The van der Waals surface area contributed by atoms with Gasteiger partial charge in [-0.25, -0.2) is 0 Å². The van der Waals surface area contributed by atoms with E-state index in [0.717, 1.165) is 33.6 Å². The van der Waals surface area contributed by atoms with Gasteiger partial charge < -0.3 is 15.4 Å². The molecule has 0 bridgehead atoms. The Morgan fingerprint density at radius 1 is 1.30 bits per heavy atom. The van der Waals surface area contributed by atoms with E-state index in [9.17, 15) is 9.59 Å². The molecule has 2 aliphatic heterocycles. The second kappa shape index (κ2) is 8.61. The maximum Gasteiger partial charge on any atom is 0.250 e. The van der Waals surface area contributed by atoms with Crippen molar-refractivity contribution in [3.63, 3.8) is 0 Å². The zero-order valence-electron chi connectivity index (χ0n) is 16.8. The molecular formula is C22H24BrN3O3S. The fourth-order valence-electron chi connectivity index (χ4n) is 4.38. The number of ether oxygens (including phenoxy) is 1. The molecule has 1 spiro atoms. The number of methoxy groups -OCH3 is 1. The highest BCUT2D eigenvalue weighted by atomic mass is 79.9. The molecule has 6 nitrogen and oxygen atoms in total. The van der Waals surface area contributed by atoms with E-state index in [4.69, 9.17) is 4.74 Å². The molecule has 2 amide bonds. The highest BCUT2D eigenvalue weighted by Gasteiger charge is 2.60. The summed E-state index contributed by atoms with van der Waals surface area (Å²) in [5.41, 5.74) is 1.18. The van der Waals surface area contributed by atoms with Crippen molar-refractivity contribution in [1.29, 1.82) is 0 Å². The van der Waals surface area contributed by atoms with Crippen LogP contribution in [0, 0.1) is 5.92 Å². The van der Waals surface area contributed by atoms with Gasteiger partial charge in [-0.15, -0.1) is 0 Å². The molecule has 0 saturated carbocycles. The van der Waals surface area contributed by atoms with Crippen molar-refractivity contribution in [3.8, 4) is 5.75 Å². The normalized spacial score (nSPS) is 24.6. The Balaban J connectivity index is 1.68. The molecule has 2 aliphatic rings. The number of nitrogens with one attached hydrogen (secondary N) is 3. The number of fused-ring (bicyclic) bond motifs is 2. The van der Waals surface area contributed by atoms with E-state index >= 15 is 0 Å². The van der Waals surface area contributed by atoms with E-state index in [1.165, 1.54) is 0 Å². The SMILES string of the molecule is COc1ccc(NC(=O)C2CC(CCSC)NC23C(=O)Nc2ccc(Br)cc23)cc1. The Morgan fingerprint density at radius 3 is 2.77 bits per heavy atom. The van der Waals surface area contributed by atoms with Crippen molar-refractivity contribution < 1.29 is 14.3 Å². The summed E-state index contributed by atoms with van der Waals surface area (Å²) in [6.45, 7) is 0. The predicted octanol–water partition coefficient (Wildman–Crippen LogP) is 3.98. The molecule has 3 N–H and O–H groups in total. The van der Waals surface area contributed by atoms with Crippen molar-refractivity contribution in [2.24, 2.45) is 5.92 Å². The number of hydrogen-bond donors (Lipinski definition) is 3. The molecular weight excluding hydrogens is 466 g/mol. The lowest BCUT2D eigenvalue weighted by molar-refractivity contribution is -0.130. The summed E-state index contributed by atoms with van der Waals surface area (Å²) in [6, 6.07) is 13.0. The van der Waals surface area contributed by atoms with Crippen molar-refractivity contribution in [2.75, 3.05) is 29.8 Å². The van der Waals surface area contributed by atoms with E-state index in [1.807, 2.05) is 18.2 Å². The number of carbonyl (C=O) groups is 2. The summed E-state index contributed by atoms with van der Waals surface area (Å²) < 4.78 is 6.06. The van der Waals surface area contributed by atoms with Crippen molar-refractivity contribution in [3.05, 3.63) is 52.5 Å². The number of amides is 2. The first kappa shape index (κ1) is 21.2. The maximum atomic E-state index is 13.4. The van der Waals surface area contributed by atoms with Gasteiger partial charge in [0.1, 0.15) is 11.3 Å². The number of carbonyl (C=O) groups excluding carboxylic acids is 2. The summed E-state index contributed by atoms with van der Waals surface area (Å²) >= 11 is 5.28. The molecule has 0 aliphatic carbocycles. The van der Waals surface area contributed by atoms with Gasteiger partial charge in [0, 0.05) is 27.5 Å². The summed E-state index contributed by atoms with van der Waals surface area (Å²) in [6.07, 6.45) is 3.56. The van der Waals surface area contributed by atoms with Crippen LogP contribution in [-0.2, 0) is 15.1 Å². The zero-order valence-corrected chi connectivity index (χ0v) is 19.2. The van der Waals surface area contributed by atoms with Gasteiger partial charge >= 0.3 is 0 Å². The van der Waals surface area contributed by atoms with Crippen LogP contribution in [-0.4, -0.2) is 37.0 Å². The van der Waals surface area contributed by atoms with Crippen LogP contribution in [0.5, 0.6) is 5.75 Å². The molecule has 2 heterocycles. The smallest absolute Gasteiger partial charge is 0.250 e. The monoisotopic (exact) mass is 489 g/mol. The van der Waals surface area contributed by atoms with Crippen LogP contribution in [0.15, 0.2) is 46.9 Å². The Hall–Kier alpha value is -2.03. The Labute approximate surface area is 188 Å². The van der Waals surface area contributed by atoms with Gasteiger partial charge in [-0.1, -0.05) is 15.9 Å². The number of rotatable bonds is 6. The van der Waals surface area contributed by atoms with Gasteiger partial charge in [0.2, 0.25) is 11.8 Å². The summed E-state index contributed by atoms with van der Waals surface area (Å²) in [5.74, 6) is 0.826. The van der Waals surface area contributed by atoms with Crippen molar-refractivity contribution in [1.82, 2.24) is 5.32 Å². The molecule has 2 aromatic rings. The second-order valence-corrected chi connectivity index (χ2v) is 9.48. The van der Waals surface area contributed by atoms with Crippen LogP contribution in [0.3, 0.4) is 0 Å². The van der Waals surface area contributed by atoms with Crippen LogP contribution >= 0.6 is 27.7 Å². The molecule has 1 saturated heterocycles. The average molecular weight is 490 g/mol. The summed E-state index contributed by atoms with van der Waals surface area (Å²) in [7, 11) is 1.60. The molecule has 0 radical (unpaired) electrons. The minimum atomic E-state index is -1.07. The molecule has 1 fully saturated rings. The van der Waals surface area contributed by atoms with Crippen LogP contribution < -0.4 is 20.7 Å². The number of thioether (sulfide) groups is 1. The largest absolute Gasteiger partial charge is 0.497 e. The number of anilines is 2. The standard InChI is InChI=1S/C22H24BrN3O3S/c1-29-16-6-4-14(5-7-16)24-20(27)18-12-15(9-10-30-2)26-22(18)17-11-13(23)3-8-19(17)25-21(22)28/h3-8,11,15,18,26H,9-10,12H2,1-2H3,(H,24,27)(H,25,28). The third-order valence-electron chi connectivity index (χ3n) is 5.83. The third kappa shape index (κ3) is 3.72. The summed E-state index contributed by atoms with van der Waals surface area (Å²) in [5, 5.41) is 9.51. The molecule has 4 rings (SSSR count). The minimum Gasteiger partial charge on any atom is -0.497 e. The highest BCUT2D eigenvalue weighted by molar-refractivity contribution is 9.10. The molecule has 2 aromatic carbocycles. The zero-order chi connectivity index (χ0) is 21.3. The number of hydrogen-bond acceptors (Lipinski definition) is 5. The molecule has 30 heavy (non-hydrogen) atoms. The topological polar surface area (TPSA) is 79.5 Å². The van der Waals surface area contributed by atoms with Crippen molar-refractivity contribution >= 4 is 50.9 Å². The molecule has 158 valence electrons. The molecule has 8 heteroatoms. The maximum absolute atomic E-state index is 13.4. The lowest BCUT2D eigenvalue weighted by atomic mass is 9.79. The van der Waals surface area contributed by atoms with Gasteiger partial charge in [-0.05, 0) is 67.3 Å². The molecule has 0 aromatic heterocycles. The van der Waals surface area contributed by atoms with Crippen LogP contribution in [0.25, 0.3) is 0 Å². The highest BCUT2D eigenvalue weighted by Crippen LogP contribution is 2.48. The first-order chi connectivity index (χ1) is 14.5. The predicted molar refractivity (Wildman–Crippen MR) is 124 cm³/mol. The van der Waals surface area contributed by atoms with E-state index in [2.05, 4.69) is 38.1 Å². The fourth-order valence-corrected chi connectivity index (χ4v) is 5.27. The minimum absolute atomic E-state index is 0.0831. The van der Waals surface area contributed by atoms with E-state index in [-0.39, 0.29) is 17.9 Å². The lowest BCUT2D eigenvalue weighted by Crippen LogP contribution is -2.52. The molecule has 3 unspecified atom stereocenters. The Morgan fingerprint density at radius 2 is 2.07 bits per heavy atom.